The van der Waals surface area contributed by atoms with Crippen molar-refractivity contribution in [1.82, 2.24) is 10.6 Å². The number of urea groups is 1. The van der Waals surface area contributed by atoms with Crippen LogP contribution in [0.25, 0.3) is 0 Å². The molecule has 0 saturated heterocycles. The summed E-state index contributed by atoms with van der Waals surface area (Å²) in [6, 6.07) is 7.24. The van der Waals surface area contributed by atoms with E-state index in [1.807, 2.05) is 0 Å². The summed E-state index contributed by atoms with van der Waals surface area (Å²) in [5, 5.41) is 8.62. The Hall–Kier alpha value is -2.57. The molecule has 1 aliphatic carbocycles. The maximum Gasteiger partial charge on any atom is 0.315 e. The van der Waals surface area contributed by atoms with Gasteiger partial charge in [-0.25, -0.2) is 4.79 Å². The number of benzene rings is 1. The van der Waals surface area contributed by atoms with E-state index in [1.54, 1.807) is 31.3 Å². The lowest BCUT2D eigenvalue weighted by molar-refractivity contribution is -0.117. The molecule has 27 heavy (non-hydrogen) atoms. The average molecular weight is 374 g/mol. The maximum absolute atomic E-state index is 12.0. The fraction of sp³-hybridized carbons (Fsp3) is 0.550. The summed E-state index contributed by atoms with van der Waals surface area (Å²) in [6.45, 7) is 1.97. The van der Waals surface area contributed by atoms with Gasteiger partial charge in [-0.2, -0.15) is 0 Å². The molecule has 0 radical (unpaired) electrons. The molecule has 148 valence electrons. The van der Waals surface area contributed by atoms with Gasteiger partial charge in [-0.05, 0) is 43.5 Å². The third kappa shape index (κ3) is 7.29. The summed E-state index contributed by atoms with van der Waals surface area (Å²) >= 11 is 0. The van der Waals surface area contributed by atoms with Gasteiger partial charge < -0.3 is 20.9 Å². The van der Waals surface area contributed by atoms with Crippen LogP contribution in [0.5, 0.6) is 0 Å². The van der Waals surface area contributed by atoms with Crippen LogP contribution in [0, 0.1) is 0 Å². The molecular formula is C20H30N4O3. The van der Waals surface area contributed by atoms with E-state index in [2.05, 4.69) is 16.0 Å². The van der Waals surface area contributed by atoms with E-state index >= 15 is 0 Å². The predicted octanol–water partition coefficient (Wildman–Crippen LogP) is 3.02. The number of nitrogens with zero attached hydrogens (tertiary/aromatic N) is 1. The fourth-order valence-corrected chi connectivity index (χ4v) is 3.11. The molecule has 1 aromatic carbocycles. The first-order chi connectivity index (χ1) is 13.0. The molecule has 0 heterocycles. The van der Waals surface area contributed by atoms with E-state index < -0.39 is 0 Å². The summed E-state index contributed by atoms with van der Waals surface area (Å²) in [5.74, 6) is -0.149. The fourth-order valence-electron chi connectivity index (χ4n) is 3.11. The third-order valence-corrected chi connectivity index (χ3v) is 4.82. The van der Waals surface area contributed by atoms with Gasteiger partial charge in [0.15, 0.2) is 0 Å². The molecule has 1 aliphatic rings. The Morgan fingerprint density at radius 1 is 1.07 bits per heavy atom. The first-order valence-electron chi connectivity index (χ1n) is 9.64. The van der Waals surface area contributed by atoms with Crippen LogP contribution in [0.3, 0.4) is 0 Å². The van der Waals surface area contributed by atoms with Crippen molar-refractivity contribution in [1.29, 1.82) is 0 Å². The standard InChI is InChI=1S/C20H30N4O3/c1-15(25)24(2)18-12-10-17(11-13-18)22-19(26)9-6-14-21-20(27)23-16-7-4-3-5-8-16/h10-13,16H,3-9,14H2,1-2H3,(H,22,26)(H2,21,23,27). The Labute approximate surface area is 160 Å². The Kier molecular flexibility index (Phi) is 8.10. The minimum atomic E-state index is -0.146. The summed E-state index contributed by atoms with van der Waals surface area (Å²) < 4.78 is 0. The highest BCUT2D eigenvalue weighted by Gasteiger charge is 2.15. The Morgan fingerprint density at radius 3 is 2.37 bits per heavy atom. The first kappa shape index (κ1) is 20.7. The van der Waals surface area contributed by atoms with Gasteiger partial charge in [0.25, 0.3) is 0 Å². The van der Waals surface area contributed by atoms with Gasteiger partial charge in [0.05, 0.1) is 0 Å². The first-order valence-corrected chi connectivity index (χ1v) is 9.64. The van der Waals surface area contributed by atoms with Crippen molar-refractivity contribution >= 4 is 29.2 Å². The molecule has 0 aromatic heterocycles. The molecule has 7 nitrogen and oxygen atoms in total. The highest BCUT2D eigenvalue weighted by molar-refractivity contribution is 5.93. The van der Waals surface area contributed by atoms with Crippen LogP contribution in [0.15, 0.2) is 24.3 Å². The Morgan fingerprint density at radius 2 is 1.74 bits per heavy atom. The summed E-state index contributed by atoms with van der Waals surface area (Å²) in [4.78, 5) is 36.7. The zero-order valence-electron chi connectivity index (χ0n) is 16.2. The van der Waals surface area contributed by atoms with Gasteiger partial charge in [0, 0.05) is 44.4 Å². The van der Waals surface area contributed by atoms with Gasteiger partial charge in [-0.1, -0.05) is 19.3 Å². The second-order valence-corrected chi connectivity index (χ2v) is 7.01. The van der Waals surface area contributed by atoms with Gasteiger partial charge in [-0.15, -0.1) is 0 Å². The molecule has 1 saturated carbocycles. The largest absolute Gasteiger partial charge is 0.338 e. The molecule has 0 unspecified atom stereocenters. The predicted molar refractivity (Wildman–Crippen MR) is 107 cm³/mol. The lowest BCUT2D eigenvalue weighted by atomic mass is 9.96. The van der Waals surface area contributed by atoms with Crippen molar-refractivity contribution in [3.05, 3.63) is 24.3 Å². The highest BCUT2D eigenvalue weighted by atomic mass is 16.2. The van der Waals surface area contributed by atoms with Crippen molar-refractivity contribution in [2.45, 2.75) is 57.9 Å². The SMILES string of the molecule is CC(=O)N(C)c1ccc(NC(=O)CCCNC(=O)NC2CCCCC2)cc1. The minimum Gasteiger partial charge on any atom is -0.338 e. The Bertz CT molecular complexity index is 639. The molecule has 0 spiro atoms. The van der Waals surface area contributed by atoms with Gasteiger partial charge in [0.1, 0.15) is 0 Å². The summed E-state index contributed by atoms with van der Waals surface area (Å²) in [6.07, 6.45) is 6.63. The lowest BCUT2D eigenvalue weighted by Crippen LogP contribution is -2.43. The van der Waals surface area contributed by atoms with Crippen molar-refractivity contribution in [2.75, 3.05) is 23.8 Å². The summed E-state index contributed by atoms with van der Waals surface area (Å²) in [7, 11) is 1.70. The van der Waals surface area contributed by atoms with Crippen molar-refractivity contribution in [2.24, 2.45) is 0 Å². The molecule has 1 fully saturated rings. The number of rotatable bonds is 7. The van der Waals surface area contributed by atoms with Gasteiger partial charge in [-0.3, -0.25) is 9.59 Å². The zero-order chi connectivity index (χ0) is 19.6. The number of nitrogens with one attached hydrogen (secondary N) is 3. The summed E-state index contributed by atoms with van der Waals surface area (Å²) in [5.41, 5.74) is 1.46. The van der Waals surface area contributed by atoms with Crippen LogP contribution in [-0.2, 0) is 9.59 Å². The second kappa shape index (κ2) is 10.5. The van der Waals surface area contributed by atoms with Crippen molar-refractivity contribution < 1.29 is 14.4 Å². The number of hydrogen-bond acceptors (Lipinski definition) is 3. The zero-order valence-corrected chi connectivity index (χ0v) is 16.2. The molecule has 1 aromatic rings. The van der Waals surface area contributed by atoms with E-state index in [1.165, 1.54) is 31.1 Å². The third-order valence-electron chi connectivity index (χ3n) is 4.82. The molecular weight excluding hydrogens is 344 g/mol. The van der Waals surface area contributed by atoms with E-state index in [4.69, 9.17) is 0 Å². The molecule has 3 N–H and O–H groups in total. The highest BCUT2D eigenvalue weighted by Crippen LogP contribution is 2.18. The molecule has 0 bridgehead atoms. The average Bonchev–Trinajstić information content (AvgIpc) is 2.66. The minimum absolute atomic E-state index is 0.0493. The number of amides is 4. The number of hydrogen-bond donors (Lipinski definition) is 3. The van der Waals surface area contributed by atoms with E-state index in [9.17, 15) is 14.4 Å². The van der Waals surface area contributed by atoms with Crippen LogP contribution in [0.1, 0.15) is 51.9 Å². The molecule has 0 atom stereocenters. The van der Waals surface area contributed by atoms with Crippen molar-refractivity contribution in [3.63, 3.8) is 0 Å². The van der Waals surface area contributed by atoms with E-state index in [0.717, 1.165) is 18.5 Å². The molecule has 7 heteroatoms. The maximum atomic E-state index is 12.0. The Balaban J connectivity index is 1.63. The number of carbonyl (C=O) groups is 3. The molecule has 4 amide bonds. The van der Waals surface area contributed by atoms with Crippen LogP contribution in [-0.4, -0.2) is 37.5 Å². The van der Waals surface area contributed by atoms with E-state index in [0.29, 0.717) is 25.1 Å². The molecule has 0 aliphatic heterocycles. The van der Waals surface area contributed by atoms with Gasteiger partial charge in [0.2, 0.25) is 11.8 Å². The number of anilines is 2. The van der Waals surface area contributed by atoms with E-state index in [-0.39, 0.29) is 23.9 Å². The molecule has 2 rings (SSSR count). The quantitative estimate of drug-likeness (QED) is 0.641. The second-order valence-electron chi connectivity index (χ2n) is 7.01. The van der Waals surface area contributed by atoms with Crippen LogP contribution in [0.4, 0.5) is 16.2 Å². The number of carbonyl (C=O) groups excluding carboxylic acids is 3. The van der Waals surface area contributed by atoms with Crippen molar-refractivity contribution in [3.8, 4) is 0 Å². The topological polar surface area (TPSA) is 90.5 Å². The smallest absolute Gasteiger partial charge is 0.315 e. The van der Waals surface area contributed by atoms with Crippen LogP contribution < -0.4 is 20.9 Å². The monoisotopic (exact) mass is 374 g/mol. The van der Waals surface area contributed by atoms with Gasteiger partial charge >= 0.3 is 6.03 Å². The normalized spacial score (nSPS) is 14.3. The van der Waals surface area contributed by atoms with Crippen LogP contribution >= 0.6 is 0 Å². The van der Waals surface area contributed by atoms with Crippen LogP contribution in [0.2, 0.25) is 0 Å². The lowest BCUT2D eigenvalue weighted by Gasteiger charge is -2.22.